The van der Waals surface area contributed by atoms with Crippen LogP contribution in [0.2, 0.25) is 0 Å². The van der Waals surface area contributed by atoms with Gasteiger partial charge in [0.05, 0.1) is 5.69 Å². The van der Waals surface area contributed by atoms with Gasteiger partial charge in [0.25, 0.3) is 5.91 Å². The topological polar surface area (TPSA) is 41.4 Å². The van der Waals surface area contributed by atoms with Crippen molar-refractivity contribution in [3.8, 4) is 11.3 Å². The minimum Gasteiger partial charge on any atom is -0.336 e. The van der Waals surface area contributed by atoms with Crippen molar-refractivity contribution in [2.75, 3.05) is 27.2 Å². The van der Waals surface area contributed by atoms with Gasteiger partial charge in [0.15, 0.2) is 5.69 Å². The molecule has 0 N–H and O–H groups in total. The Hall–Kier alpha value is -2.21. The molecule has 0 bridgehead atoms. The number of hydrogen-bond acceptors (Lipinski definition) is 3. The molecule has 6 heteroatoms. The maximum atomic E-state index is 13.5. The molecule has 1 aliphatic rings. The molecule has 0 spiro atoms. The van der Waals surface area contributed by atoms with Gasteiger partial charge < -0.3 is 9.80 Å². The third-order valence-corrected chi connectivity index (χ3v) is 4.60. The smallest absolute Gasteiger partial charge is 0.274 e. The minimum atomic E-state index is -0.294. The molecule has 3 rings (SSSR count). The monoisotopic (exact) mass is 330 g/mol. The van der Waals surface area contributed by atoms with Crippen molar-refractivity contribution in [1.82, 2.24) is 19.6 Å². The molecule has 1 saturated heterocycles. The van der Waals surface area contributed by atoms with Crippen molar-refractivity contribution < 1.29 is 9.18 Å². The summed E-state index contributed by atoms with van der Waals surface area (Å²) < 4.78 is 15.3. The lowest BCUT2D eigenvalue weighted by Gasteiger charge is -2.19. The number of aryl methyl sites for hydroxylation is 1. The van der Waals surface area contributed by atoms with Crippen LogP contribution in [0.1, 0.15) is 23.8 Å². The molecule has 5 nitrogen and oxygen atoms in total. The first kappa shape index (κ1) is 16.6. The number of carbonyl (C=O) groups excluding carboxylic acids is 1. The van der Waals surface area contributed by atoms with Crippen LogP contribution in [0.3, 0.4) is 0 Å². The number of aromatic nitrogens is 2. The summed E-state index contributed by atoms with van der Waals surface area (Å²) in [6.07, 6.45) is 0.976. The molecule has 1 aromatic heterocycles. The third-order valence-electron chi connectivity index (χ3n) is 4.60. The molecule has 0 aliphatic carbocycles. The Morgan fingerprint density at radius 1 is 1.38 bits per heavy atom. The Bertz CT molecular complexity index is 740. The van der Waals surface area contributed by atoms with E-state index in [1.807, 2.05) is 32.0 Å². The van der Waals surface area contributed by atoms with E-state index < -0.39 is 0 Å². The Morgan fingerprint density at radius 2 is 2.17 bits per heavy atom. The fraction of sp³-hybridized carbons (Fsp3) is 0.444. The second kappa shape index (κ2) is 6.73. The number of halogens is 1. The quantitative estimate of drug-likeness (QED) is 0.865. The molecule has 2 heterocycles. The first-order chi connectivity index (χ1) is 11.5. The molecule has 1 aliphatic heterocycles. The van der Waals surface area contributed by atoms with E-state index in [1.54, 1.807) is 16.8 Å². The second-order valence-corrected chi connectivity index (χ2v) is 6.40. The van der Waals surface area contributed by atoms with Crippen molar-refractivity contribution >= 4 is 5.91 Å². The van der Waals surface area contributed by atoms with Crippen LogP contribution in [0.15, 0.2) is 30.3 Å². The van der Waals surface area contributed by atoms with Crippen molar-refractivity contribution in [3.63, 3.8) is 0 Å². The summed E-state index contributed by atoms with van der Waals surface area (Å²) >= 11 is 0. The average Bonchev–Trinajstić information content (AvgIpc) is 3.21. The van der Waals surface area contributed by atoms with Crippen LogP contribution >= 0.6 is 0 Å². The van der Waals surface area contributed by atoms with Crippen LogP contribution in [0, 0.1) is 5.82 Å². The molecule has 0 saturated carbocycles. The second-order valence-electron chi connectivity index (χ2n) is 6.40. The molecule has 1 aromatic carbocycles. The normalized spacial score (nSPS) is 17.7. The van der Waals surface area contributed by atoms with E-state index >= 15 is 0 Å². The van der Waals surface area contributed by atoms with Gasteiger partial charge in [0.2, 0.25) is 0 Å². The lowest BCUT2D eigenvalue weighted by molar-refractivity contribution is 0.0776. The summed E-state index contributed by atoms with van der Waals surface area (Å²) in [6, 6.07) is 8.54. The largest absolute Gasteiger partial charge is 0.336 e. The van der Waals surface area contributed by atoms with Crippen LogP contribution in [-0.2, 0) is 6.54 Å². The molecule has 2 aromatic rings. The molecule has 1 atom stereocenters. The van der Waals surface area contributed by atoms with E-state index in [2.05, 4.69) is 10.00 Å². The van der Waals surface area contributed by atoms with Gasteiger partial charge >= 0.3 is 0 Å². The number of likely N-dealkylation sites (N-methyl/N-ethyl adjacent to an activating group) is 1. The van der Waals surface area contributed by atoms with Gasteiger partial charge in [-0.15, -0.1) is 0 Å². The maximum Gasteiger partial charge on any atom is 0.274 e. The summed E-state index contributed by atoms with van der Waals surface area (Å²) in [5, 5.41) is 4.44. The Balaban J connectivity index is 1.86. The first-order valence-corrected chi connectivity index (χ1v) is 8.29. The molecule has 0 unspecified atom stereocenters. The zero-order valence-corrected chi connectivity index (χ0v) is 14.4. The number of amides is 1. The summed E-state index contributed by atoms with van der Waals surface area (Å²) in [6.45, 7) is 4.05. The predicted octanol–water partition coefficient (Wildman–Crippen LogP) is 2.49. The molecular formula is C18H23FN4O. The fourth-order valence-electron chi connectivity index (χ4n) is 3.15. The predicted molar refractivity (Wildman–Crippen MR) is 91.3 cm³/mol. The van der Waals surface area contributed by atoms with E-state index in [1.165, 1.54) is 12.1 Å². The molecule has 0 radical (unpaired) electrons. The van der Waals surface area contributed by atoms with Gasteiger partial charge in [0.1, 0.15) is 5.82 Å². The first-order valence-electron chi connectivity index (χ1n) is 8.29. The number of benzene rings is 1. The van der Waals surface area contributed by atoms with Crippen LogP contribution in [0.5, 0.6) is 0 Å². The molecule has 24 heavy (non-hydrogen) atoms. The van der Waals surface area contributed by atoms with Crippen LogP contribution in [0.25, 0.3) is 11.3 Å². The third kappa shape index (κ3) is 3.19. The lowest BCUT2D eigenvalue weighted by Crippen LogP contribution is -2.34. The van der Waals surface area contributed by atoms with Crippen LogP contribution < -0.4 is 0 Å². The Morgan fingerprint density at radius 3 is 2.79 bits per heavy atom. The molecule has 1 fully saturated rings. The average molecular weight is 330 g/mol. The van der Waals surface area contributed by atoms with Crippen molar-refractivity contribution in [2.24, 2.45) is 0 Å². The summed E-state index contributed by atoms with van der Waals surface area (Å²) in [5.41, 5.74) is 1.93. The Kier molecular flexibility index (Phi) is 4.66. The van der Waals surface area contributed by atoms with Gasteiger partial charge in [-0.3, -0.25) is 9.48 Å². The summed E-state index contributed by atoms with van der Waals surface area (Å²) in [5.74, 6) is -0.346. The maximum absolute atomic E-state index is 13.5. The molecule has 128 valence electrons. The minimum absolute atomic E-state index is 0.0517. The van der Waals surface area contributed by atoms with E-state index in [9.17, 15) is 9.18 Å². The standard InChI is InChI=1S/C18H23FN4O/c1-4-23-17(13-6-5-7-14(19)10-13)11-16(20-23)18(24)22-9-8-15(12-22)21(2)3/h5-7,10-11,15H,4,8-9,12H2,1-3H3/t15-/m0/s1. The van der Waals surface area contributed by atoms with Crippen molar-refractivity contribution in [2.45, 2.75) is 25.9 Å². The van der Waals surface area contributed by atoms with E-state index in [0.717, 1.165) is 30.8 Å². The van der Waals surface area contributed by atoms with Crippen molar-refractivity contribution in [3.05, 3.63) is 41.8 Å². The molecular weight excluding hydrogens is 307 g/mol. The highest BCUT2D eigenvalue weighted by Crippen LogP contribution is 2.23. The number of carbonyl (C=O) groups is 1. The number of likely N-dealkylation sites (tertiary alicyclic amines) is 1. The van der Waals surface area contributed by atoms with E-state index in [-0.39, 0.29) is 11.7 Å². The highest BCUT2D eigenvalue weighted by atomic mass is 19.1. The highest BCUT2D eigenvalue weighted by Gasteiger charge is 2.29. The zero-order valence-electron chi connectivity index (χ0n) is 14.4. The van der Waals surface area contributed by atoms with Gasteiger partial charge in [0, 0.05) is 31.2 Å². The zero-order chi connectivity index (χ0) is 17.3. The van der Waals surface area contributed by atoms with E-state index in [0.29, 0.717) is 18.3 Å². The summed E-state index contributed by atoms with van der Waals surface area (Å²) in [7, 11) is 4.07. The SMILES string of the molecule is CCn1nc(C(=O)N2CC[C@H](N(C)C)C2)cc1-c1cccc(F)c1. The summed E-state index contributed by atoms with van der Waals surface area (Å²) in [4.78, 5) is 16.8. The van der Waals surface area contributed by atoms with Gasteiger partial charge in [-0.05, 0) is 45.6 Å². The number of nitrogens with zero attached hydrogens (tertiary/aromatic N) is 4. The van der Waals surface area contributed by atoms with Gasteiger partial charge in [-0.25, -0.2) is 4.39 Å². The van der Waals surface area contributed by atoms with E-state index in [4.69, 9.17) is 0 Å². The van der Waals surface area contributed by atoms with Crippen LogP contribution in [0.4, 0.5) is 4.39 Å². The fourth-order valence-corrected chi connectivity index (χ4v) is 3.15. The lowest BCUT2D eigenvalue weighted by atomic mass is 10.1. The van der Waals surface area contributed by atoms with Gasteiger partial charge in [-0.2, -0.15) is 5.10 Å². The van der Waals surface area contributed by atoms with Gasteiger partial charge in [-0.1, -0.05) is 12.1 Å². The number of hydrogen-bond donors (Lipinski definition) is 0. The van der Waals surface area contributed by atoms with Crippen molar-refractivity contribution in [1.29, 1.82) is 0 Å². The Labute approximate surface area is 141 Å². The van der Waals surface area contributed by atoms with Crippen LogP contribution in [-0.4, -0.2) is 58.7 Å². The molecule has 1 amide bonds. The highest BCUT2D eigenvalue weighted by molar-refractivity contribution is 5.93. The number of rotatable bonds is 4.